The molecule has 0 fully saturated rings. The van der Waals surface area contributed by atoms with Crippen molar-refractivity contribution < 1.29 is 9.53 Å². The number of rotatable bonds is 6. The molecule has 0 aliphatic carbocycles. The third-order valence-corrected chi connectivity index (χ3v) is 1.90. The number of hydrogen-bond acceptors (Lipinski definition) is 5. The Balaban J connectivity index is 2.61. The molecule has 0 unspecified atom stereocenters. The molecule has 1 rings (SSSR count). The SMILES string of the molecule is CCNC(=O)CNc1nc(C)cc(OCC)n1. The van der Waals surface area contributed by atoms with Gasteiger partial charge in [0.05, 0.1) is 13.2 Å². The van der Waals surface area contributed by atoms with Crippen molar-refractivity contribution in [2.24, 2.45) is 0 Å². The highest BCUT2D eigenvalue weighted by Crippen LogP contribution is 2.11. The summed E-state index contributed by atoms with van der Waals surface area (Å²) in [6.07, 6.45) is 0. The third-order valence-electron chi connectivity index (χ3n) is 1.90. The van der Waals surface area contributed by atoms with E-state index in [0.29, 0.717) is 25.0 Å². The van der Waals surface area contributed by atoms with Gasteiger partial charge < -0.3 is 15.4 Å². The zero-order valence-electron chi connectivity index (χ0n) is 10.4. The molecule has 1 aromatic heterocycles. The minimum absolute atomic E-state index is 0.0874. The van der Waals surface area contributed by atoms with Crippen LogP contribution in [0.25, 0.3) is 0 Å². The maximum Gasteiger partial charge on any atom is 0.239 e. The fraction of sp³-hybridized carbons (Fsp3) is 0.545. The lowest BCUT2D eigenvalue weighted by molar-refractivity contribution is -0.119. The molecule has 94 valence electrons. The normalized spacial score (nSPS) is 9.82. The number of aromatic nitrogens is 2. The van der Waals surface area contributed by atoms with Gasteiger partial charge in [0, 0.05) is 18.3 Å². The lowest BCUT2D eigenvalue weighted by Crippen LogP contribution is -2.29. The number of anilines is 1. The second-order valence-corrected chi connectivity index (χ2v) is 3.41. The Hall–Kier alpha value is -1.85. The number of ether oxygens (including phenoxy) is 1. The second kappa shape index (κ2) is 6.67. The summed E-state index contributed by atoms with van der Waals surface area (Å²) < 4.78 is 5.29. The first-order chi connectivity index (χ1) is 8.15. The van der Waals surface area contributed by atoms with Gasteiger partial charge in [-0.25, -0.2) is 4.98 Å². The molecule has 0 aliphatic heterocycles. The number of hydrogen-bond donors (Lipinski definition) is 2. The Kier molecular flexibility index (Phi) is 5.19. The Morgan fingerprint density at radius 2 is 2.18 bits per heavy atom. The van der Waals surface area contributed by atoms with Gasteiger partial charge in [-0.3, -0.25) is 4.79 Å². The smallest absolute Gasteiger partial charge is 0.239 e. The van der Waals surface area contributed by atoms with Gasteiger partial charge in [0.1, 0.15) is 0 Å². The summed E-state index contributed by atoms with van der Waals surface area (Å²) in [6, 6.07) is 1.75. The topological polar surface area (TPSA) is 76.1 Å². The van der Waals surface area contributed by atoms with Crippen LogP contribution in [0.15, 0.2) is 6.07 Å². The van der Waals surface area contributed by atoms with E-state index in [-0.39, 0.29) is 12.5 Å². The third kappa shape index (κ3) is 4.67. The summed E-state index contributed by atoms with van der Waals surface area (Å²) in [5, 5.41) is 5.54. The Labute approximate surface area is 101 Å². The summed E-state index contributed by atoms with van der Waals surface area (Å²) in [6.45, 7) is 6.92. The molecular formula is C11H18N4O2. The summed E-state index contributed by atoms with van der Waals surface area (Å²) >= 11 is 0. The molecule has 17 heavy (non-hydrogen) atoms. The molecule has 0 saturated carbocycles. The minimum atomic E-state index is -0.0874. The Morgan fingerprint density at radius 1 is 1.41 bits per heavy atom. The van der Waals surface area contributed by atoms with Gasteiger partial charge in [0.25, 0.3) is 0 Å². The molecule has 0 saturated heterocycles. The molecule has 0 bridgehead atoms. The fourth-order valence-corrected chi connectivity index (χ4v) is 1.26. The molecule has 6 nitrogen and oxygen atoms in total. The summed E-state index contributed by atoms with van der Waals surface area (Å²) in [7, 11) is 0. The van der Waals surface area contributed by atoms with Gasteiger partial charge in [-0.2, -0.15) is 4.98 Å². The van der Waals surface area contributed by atoms with E-state index in [1.807, 2.05) is 20.8 Å². The number of likely N-dealkylation sites (N-methyl/N-ethyl adjacent to an activating group) is 1. The minimum Gasteiger partial charge on any atom is -0.478 e. The molecule has 1 aromatic rings. The van der Waals surface area contributed by atoms with Crippen LogP contribution >= 0.6 is 0 Å². The standard InChI is InChI=1S/C11H18N4O2/c1-4-12-9(16)7-13-11-14-8(3)6-10(15-11)17-5-2/h6H,4-5,7H2,1-3H3,(H,12,16)(H,13,14,15). The largest absolute Gasteiger partial charge is 0.478 e. The highest BCUT2D eigenvalue weighted by molar-refractivity contribution is 5.80. The van der Waals surface area contributed by atoms with Crippen LogP contribution in [0.5, 0.6) is 5.88 Å². The van der Waals surface area contributed by atoms with E-state index in [1.54, 1.807) is 6.07 Å². The van der Waals surface area contributed by atoms with Crippen molar-refractivity contribution in [2.75, 3.05) is 25.0 Å². The quantitative estimate of drug-likeness (QED) is 0.764. The lowest BCUT2D eigenvalue weighted by atomic mass is 10.4. The number of amides is 1. The zero-order chi connectivity index (χ0) is 12.7. The monoisotopic (exact) mass is 238 g/mol. The molecular weight excluding hydrogens is 220 g/mol. The fourth-order valence-electron chi connectivity index (χ4n) is 1.26. The second-order valence-electron chi connectivity index (χ2n) is 3.41. The van der Waals surface area contributed by atoms with Crippen molar-refractivity contribution in [1.82, 2.24) is 15.3 Å². The van der Waals surface area contributed by atoms with E-state index in [1.165, 1.54) is 0 Å². The highest BCUT2D eigenvalue weighted by Gasteiger charge is 2.04. The Bertz CT molecular complexity index is 382. The summed E-state index contributed by atoms with van der Waals surface area (Å²) in [5.41, 5.74) is 0.793. The number of aryl methyl sites for hydroxylation is 1. The van der Waals surface area contributed by atoms with E-state index in [0.717, 1.165) is 5.69 Å². The van der Waals surface area contributed by atoms with Crippen molar-refractivity contribution in [2.45, 2.75) is 20.8 Å². The predicted octanol–water partition coefficient (Wildman–Crippen LogP) is 0.732. The molecule has 0 aliphatic rings. The average Bonchev–Trinajstić information content (AvgIpc) is 2.26. The number of carbonyl (C=O) groups excluding carboxylic acids is 1. The first kappa shape index (κ1) is 13.2. The predicted molar refractivity (Wildman–Crippen MR) is 65.1 cm³/mol. The molecule has 0 atom stereocenters. The number of carbonyl (C=O) groups is 1. The van der Waals surface area contributed by atoms with Crippen LogP contribution in [-0.2, 0) is 4.79 Å². The van der Waals surface area contributed by atoms with Crippen molar-refractivity contribution in [3.05, 3.63) is 11.8 Å². The van der Waals surface area contributed by atoms with Crippen molar-refractivity contribution in [1.29, 1.82) is 0 Å². The molecule has 0 spiro atoms. The van der Waals surface area contributed by atoms with Crippen molar-refractivity contribution in [3.63, 3.8) is 0 Å². The number of nitrogens with zero attached hydrogens (tertiary/aromatic N) is 2. The Morgan fingerprint density at radius 3 is 2.82 bits per heavy atom. The van der Waals surface area contributed by atoms with E-state index in [4.69, 9.17) is 4.74 Å². The van der Waals surface area contributed by atoms with Crippen LogP contribution in [-0.4, -0.2) is 35.6 Å². The van der Waals surface area contributed by atoms with Crippen LogP contribution in [0, 0.1) is 6.92 Å². The average molecular weight is 238 g/mol. The highest BCUT2D eigenvalue weighted by atomic mass is 16.5. The molecule has 1 amide bonds. The van der Waals surface area contributed by atoms with Crippen molar-refractivity contribution >= 4 is 11.9 Å². The first-order valence-corrected chi connectivity index (χ1v) is 5.64. The van der Waals surface area contributed by atoms with Crippen LogP contribution in [0.2, 0.25) is 0 Å². The van der Waals surface area contributed by atoms with E-state index >= 15 is 0 Å². The maximum absolute atomic E-state index is 11.3. The van der Waals surface area contributed by atoms with E-state index in [9.17, 15) is 4.79 Å². The molecule has 2 N–H and O–H groups in total. The van der Waals surface area contributed by atoms with Gasteiger partial charge in [-0.05, 0) is 20.8 Å². The maximum atomic E-state index is 11.3. The first-order valence-electron chi connectivity index (χ1n) is 5.64. The van der Waals surface area contributed by atoms with Gasteiger partial charge >= 0.3 is 0 Å². The molecule has 0 radical (unpaired) electrons. The summed E-state index contributed by atoms with van der Waals surface area (Å²) in [4.78, 5) is 19.5. The lowest BCUT2D eigenvalue weighted by Gasteiger charge is -2.08. The van der Waals surface area contributed by atoms with Gasteiger partial charge in [0.2, 0.25) is 17.7 Å². The molecule has 1 heterocycles. The van der Waals surface area contributed by atoms with Gasteiger partial charge in [-0.1, -0.05) is 0 Å². The molecule has 0 aromatic carbocycles. The van der Waals surface area contributed by atoms with Crippen LogP contribution < -0.4 is 15.4 Å². The molecule has 6 heteroatoms. The summed E-state index contributed by atoms with van der Waals surface area (Å²) in [5.74, 6) is 0.827. The van der Waals surface area contributed by atoms with Crippen molar-refractivity contribution in [3.8, 4) is 5.88 Å². The van der Waals surface area contributed by atoms with Gasteiger partial charge in [0.15, 0.2) is 0 Å². The number of nitrogens with one attached hydrogen (secondary N) is 2. The van der Waals surface area contributed by atoms with E-state index < -0.39 is 0 Å². The van der Waals surface area contributed by atoms with Crippen LogP contribution in [0.3, 0.4) is 0 Å². The van der Waals surface area contributed by atoms with Gasteiger partial charge in [-0.15, -0.1) is 0 Å². The van der Waals surface area contributed by atoms with E-state index in [2.05, 4.69) is 20.6 Å². The van der Waals surface area contributed by atoms with Crippen LogP contribution in [0.4, 0.5) is 5.95 Å². The van der Waals surface area contributed by atoms with Crippen LogP contribution in [0.1, 0.15) is 19.5 Å². The zero-order valence-corrected chi connectivity index (χ0v) is 10.4.